The van der Waals surface area contributed by atoms with E-state index in [0.717, 1.165) is 52.6 Å². The quantitative estimate of drug-likeness (QED) is 0.124. The molecule has 57 heavy (non-hydrogen) atoms. The number of allylic oxidation sites excluding steroid dienone is 3. The molecule has 6 aliphatic carbocycles. The highest BCUT2D eigenvalue weighted by atomic mass is 33.1. The van der Waals surface area contributed by atoms with Gasteiger partial charge in [-0.3, -0.25) is 0 Å². The highest BCUT2D eigenvalue weighted by Crippen LogP contribution is 2.59. The molecule has 18 bridgehead atoms. The summed E-state index contributed by atoms with van der Waals surface area (Å²) in [4.78, 5) is 31.4. The molecule has 6 aromatic carbocycles. The summed E-state index contributed by atoms with van der Waals surface area (Å²) in [6.45, 7) is 6.50. The Hall–Kier alpha value is -3.90. The normalized spacial score (nSPS) is 21.3. The summed E-state index contributed by atoms with van der Waals surface area (Å²) in [5.41, 5.74) is 14.0. The molecule has 0 saturated carbocycles. The van der Waals surface area contributed by atoms with Crippen LogP contribution in [0.15, 0.2) is 155 Å². The van der Waals surface area contributed by atoms with Gasteiger partial charge in [-0.2, -0.15) is 0 Å². The van der Waals surface area contributed by atoms with Gasteiger partial charge >= 0.3 is 0 Å². The lowest BCUT2D eigenvalue weighted by Gasteiger charge is -2.43. The minimum atomic E-state index is -1.19. The second-order valence-electron chi connectivity index (χ2n) is 15.3. The van der Waals surface area contributed by atoms with E-state index in [1.807, 2.05) is 25.1 Å². The highest BCUT2D eigenvalue weighted by molar-refractivity contribution is 8.77. The van der Waals surface area contributed by atoms with Gasteiger partial charge in [-0.05, 0) is 148 Å². The Bertz CT molecular complexity index is 2890. The number of hydrogen-bond acceptors (Lipinski definition) is 10. The third-order valence-electron chi connectivity index (χ3n) is 12.4. The summed E-state index contributed by atoms with van der Waals surface area (Å²) in [7, 11) is 9.80. The first-order valence-corrected chi connectivity index (χ1v) is 25.1. The summed E-state index contributed by atoms with van der Waals surface area (Å²) >= 11 is 0. The average molecular weight is 851 g/mol. The van der Waals surface area contributed by atoms with Crippen LogP contribution in [0.4, 0.5) is 0 Å². The molecule has 0 spiro atoms. The molecule has 0 saturated heterocycles. The lowest BCUT2D eigenvalue weighted by molar-refractivity contribution is -0.299. The summed E-state index contributed by atoms with van der Waals surface area (Å²) in [6.07, 6.45) is 0. The predicted octanol–water partition coefficient (Wildman–Crippen LogP) is 11.5. The largest absolute Gasteiger partial charge is 0.545 e. The Labute approximate surface area is 354 Å². The molecular weight excluding hydrogens is 821 g/mol. The molecule has 0 radical (unpaired) electrons. The second kappa shape index (κ2) is 13.6. The molecule has 280 valence electrons. The summed E-state index contributed by atoms with van der Waals surface area (Å²) in [5.74, 6) is -2.52. The Morgan fingerprint density at radius 2 is 0.877 bits per heavy atom. The van der Waals surface area contributed by atoms with Crippen LogP contribution >= 0.6 is 64.8 Å². The van der Waals surface area contributed by atoms with Gasteiger partial charge in [0.1, 0.15) is 0 Å². The van der Waals surface area contributed by atoms with Crippen molar-refractivity contribution in [3.05, 3.63) is 175 Å². The van der Waals surface area contributed by atoms with Crippen molar-refractivity contribution < 1.29 is 19.8 Å². The zero-order valence-corrected chi connectivity index (χ0v) is 35.6. The van der Waals surface area contributed by atoms with Gasteiger partial charge in [-0.25, -0.2) is 0 Å². The average Bonchev–Trinajstić information content (AvgIpc) is 3.21. The molecule has 0 N–H and O–H groups in total. The first kappa shape index (κ1) is 36.2. The van der Waals surface area contributed by atoms with Crippen LogP contribution in [0.1, 0.15) is 99.3 Å². The van der Waals surface area contributed by atoms with Crippen molar-refractivity contribution >= 4 is 87.5 Å². The number of hydrogen-bond donors (Lipinski definition) is 0. The number of aliphatic carboxylic acids is 1. The molecule has 22 rings (SSSR count). The van der Waals surface area contributed by atoms with Gasteiger partial charge in [0.25, 0.3) is 0 Å². The maximum Gasteiger partial charge on any atom is 0.0727 e. The van der Waals surface area contributed by atoms with Crippen molar-refractivity contribution in [2.24, 2.45) is 0 Å². The van der Waals surface area contributed by atoms with Crippen LogP contribution in [-0.4, -0.2) is 11.9 Å². The predicted molar refractivity (Wildman–Crippen MR) is 233 cm³/mol. The zero-order chi connectivity index (χ0) is 38.9. The molecule has 16 aliphatic rings. The molecule has 0 amide bonds. The smallest absolute Gasteiger partial charge is 0.0727 e. The van der Waals surface area contributed by atoms with Crippen LogP contribution < -0.4 is 10.2 Å². The molecule has 10 heterocycles. The van der Waals surface area contributed by atoms with Crippen LogP contribution in [-0.2, 0) is 4.79 Å². The topological polar surface area (TPSA) is 80.3 Å². The number of aromatic carboxylic acids is 1. The van der Waals surface area contributed by atoms with Crippen molar-refractivity contribution in [3.63, 3.8) is 0 Å². The van der Waals surface area contributed by atoms with E-state index in [1.54, 1.807) is 60.0 Å². The molecule has 4 unspecified atom stereocenters. The maximum absolute atomic E-state index is 12.8. The lowest BCUT2D eigenvalue weighted by atomic mass is 9.61. The lowest BCUT2D eigenvalue weighted by Crippen LogP contribution is -2.36. The standard InChI is InChI=1S/C47H32O4S6/c1-21-22(2)42-29-11-7-25-16-34(29)41(21)30-12-8-27(18-35(30)42)55-57-40-20-33-24(15-38(40)46(48)49)5-4-6-39(33)56-54-28-9-13-31-37(19-28)45-32-14-10-26(53-52-25)17-36(32)43(31)23(3)44(45)47(50)51/h4-20,41-43,45H,1-3H3,(H,48,49)(H,50,51)/p-2. The fraction of sp³-hybridized carbons (Fsp3) is 0.149. The first-order chi connectivity index (χ1) is 27.6. The third kappa shape index (κ3) is 5.58. The van der Waals surface area contributed by atoms with E-state index >= 15 is 0 Å². The van der Waals surface area contributed by atoms with Crippen molar-refractivity contribution in [2.45, 2.75) is 73.8 Å². The van der Waals surface area contributed by atoms with E-state index < -0.39 is 17.9 Å². The Kier molecular flexibility index (Phi) is 8.62. The van der Waals surface area contributed by atoms with Gasteiger partial charge in [-0.15, -0.1) is 0 Å². The van der Waals surface area contributed by atoms with Crippen LogP contribution in [0.2, 0.25) is 0 Å². The fourth-order valence-electron chi connectivity index (χ4n) is 9.83. The Morgan fingerprint density at radius 3 is 1.37 bits per heavy atom. The van der Waals surface area contributed by atoms with Crippen molar-refractivity contribution in [3.8, 4) is 0 Å². The molecule has 4 nitrogen and oxygen atoms in total. The molecular formula is C47H30O4S6-2. The van der Waals surface area contributed by atoms with Crippen molar-refractivity contribution in [1.82, 2.24) is 0 Å². The minimum Gasteiger partial charge on any atom is -0.545 e. The van der Waals surface area contributed by atoms with E-state index in [0.29, 0.717) is 10.5 Å². The van der Waals surface area contributed by atoms with Crippen LogP contribution in [0, 0.1) is 0 Å². The minimum absolute atomic E-state index is 0.161. The van der Waals surface area contributed by atoms with Crippen LogP contribution in [0.25, 0.3) is 10.8 Å². The summed E-state index contributed by atoms with van der Waals surface area (Å²) in [5, 5.41) is 27.1. The summed E-state index contributed by atoms with van der Waals surface area (Å²) in [6, 6.07) is 36.4. The molecule has 4 atom stereocenters. The van der Waals surface area contributed by atoms with Gasteiger partial charge in [-0.1, -0.05) is 118 Å². The molecule has 0 fully saturated rings. The summed E-state index contributed by atoms with van der Waals surface area (Å²) < 4.78 is 0. The number of carbonyl (C=O) groups is 2. The van der Waals surface area contributed by atoms with Gasteiger partial charge in [0, 0.05) is 58.6 Å². The number of carboxylic acids is 2. The van der Waals surface area contributed by atoms with Crippen LogP contribution in [0.5, 0.6) is 0 Å². The monoisotopic (exact) mass is 850 g/mol. The second-order valence-corrected chi connectivity index (χ2v) is 22.0. The van der Waals surface area contributed by atoms with Gasteiger partial charge in [0.2, 0.25) is 0 Å². The van der Waals surface area contributed by atoms with E-state index in [2.05, 4.69) is 92.7 Å². The number of rotatable bonds is 2. The van der Waals surface area contributed by atoms with Crippen LogP contribution in [0.3, 0.4) is 0 Å². The van der Waals surface area contributed by atoms with E-state index in [1.165, 1.54) is 54.7 Å². The van der Waals surface area contributed by atoms with Gasteiger partial charge in [0.05, 0.1) is 11.9 Å². The van der Waals surface area contributed by atoms with Gasteiger partial charge in [0.15, 0.2) is 0 Å². The van der Waals surface area contributed by atoms with E-state index in [-0.39, 0.29) is 23.3 Å². The zero-order valence-electron chi connectivity index (χ0n) is 30.7. The molecule has 10 aliphatic heterocycles. The number of carbonyl (C=O) groups excluding carboxylic acids is 2. The van der Waals surface area contributed by atoms with E-state index in [9.17, 15) is 19.8 Å². The van der Waals surface area contributed by atoms with Crippen molar-refractivity contribution in [2.75, 3.05) is 0 Å². The highest BCUT2D eigenvalue weighted by Gasteiger charge is 2.43. The van der Waals surface area contributed by atoms with Gasteiger partial charge < -0.3 is 19.8 Å². The van der Waals surface area contributed by atoms with Crippen molar-refractivity contribution in [1.29, 1.82) is 0 Å². The Morgan fingerprint density at radius 1 is 0.439 bits per heavy atom. The fourth-order valence-corrected chi connectivity index (χ4v) is 16.2. The van der Waals surface area contributed by atoms with E-state index in [4.69, 9.17) is 0 Å². The number of benzene rings is 6. The maximum atomic E-state index is 12.8. The molecule has 6 aromatic rings. The Balaban J connectivity index is 1.06. The number of carboxylic acid groups (broad SMARTS) is 2. The molecule has 0 aromatic heterocycles. The SMILES string of the molecule is CC1=C(C)C2c3ccc4cc3C1c1ccc(cc12)SSc1cc2c(cccc2cc1C(=O)[O-])SSc1ccc2c(c1)C1C(C(=O)[O-])=C(C)C2c2cc(ccc21)SS4. The first-order valence-electron chi connectivity index (χ1n) is 18.6. The molecule has 10 heteroatoms. The third-order valence-corrected chi connectivity index (χ3v) is 19.7.